The molecule has 3 heteroatoms. The summed E-state index contributed by atoms with van der Waals surface area (Å²) < 4.78 is 18.5. The van der Waals surface area contributed by atoms with Gasteiger partial charge < -0.3 is 10.1 Å². The van der Waals surface area contributed by atoms with Crippen LogP contribution in [0.5, 0.6) is 5.75 Å². The molecule has 1 aliphatic carbocycles. The van der Waals surface area contributed by atoms with Crippen LogP contribution in [0.25, 0.3) is 0 Å². The van der Waals surface area contributed by atoms with Gasteiger partial charge in [-0.3, -0.25) is 0 Å². The van der Waals surface area contributed by atoms with Crippen LogP contribution < -0.4 is 10.1 Å². The van der Waals surface area contributed by atoms with E-state index in [9.17, 15) is 4.39 Å². The van der Waals surface area contributed by atoms with Crippen molar-refractivity contribution < 1.29 is 9.13 Å². The summed E-state index contributed by atoms with van der Waals surface area (Å²) >= 11 is 0. The van der Waals surface area contributed by atoms with Gasteiger partial charge in [0.25, 0.3) is 0 Å². The number of terminal acetylenes is 1. The van der Waals surface area contributed by atoms with Crippen LogP contribution in [-0.2, 0) is 6.54 Å². The highest BCUT2D eigenvalue weighted by molar-refractivity contribution is 5.29. The lowest BCUT2D eigenvalue weighted by molar-refractivity contribution is 0.348. The van der Waals surface area contributed by atoms with Crippen LogP contribution in [0.3, 0.4) is 0 Å². The second-order valence-electron chi connectivity index (χ2n) is 3.91. The zero-order chi connectivity index (χ0) is 11.4. The molecule has 0 bridgehead atoms. The molecule has 2 nitrogen and oxygen atoms in total. The predicted octanol–water partition coefficient (Wildman–Crippen LogP) is 2.09. The molecule has 0 atom stereocenters. The van der Waals surface area contributed by atoms with E-state index in [1.165, 1.54) is 18.9 Å². The van der Waals surface area contributed by atoms with Gasteiger partial charge in [0.05, 0.1) is 0 Å². The first kappa shape index (κ1) is 11.0. The minimum atomic E-state index is -0.356. The predicted molar refractivity (Wildman–Crippen MR) is 60.6 cm³/mol. The van der Waals surface area contributed by atoms with Crippen molar-refractivity contribution in [3.8, 4) is 18.1 Å². The normalized spacial score (nSPS) is 14.5. The molecule has 1 aliphatic rings. The molecule has 0 spiro atoms. The Hall–Kier alpha value is -1.53. The Bertz CT molecular complexity index is 407. The first-order chi connectivity index (χ1) is 7.79. The van der Waals surface area contributed by atoms with Crippen molar-refractivity contribution in [2.24, 2.45) is 0 Å². The smallest absolute Gasteiger partial charge is 0.165 e. The molecule has 0 aliphatic heterocycles. The molecule has 0 radical (unpaired) electrons. The number of hydrogen-bond donors (Lipinski definition) is 1. The molecule has 1 aromatic carbocycles. The largest absolute Gasteiger partial charge is 0.478 e. The van der Waals surface area contributed by atoms with Gasteiger partial charge in [0.1, 0.15) is 6.61 Å². The average Bonchev–Trinajstić information content (AvgIpc) is 3.09. The summed E-state index contributed by atoms with van der Waals surface area (Å²) in [6.07, 6.45) is 7.49. The van der Waals surface area contributed by atoms with Gasteiger partial charge in [-0.05, 0) is 30.5 Å². The molecule has 0 saturated heterocycles. The van der Waals surface area contributed by atoms with Gasteiger partial charge >= 0.3 is 0 Å². The molecule has 0 amide bonds. The second kappa shape index (κ2) is 5.00. The first-order valence-corrected chi connectivity index (χ1v) is 5.37. The van der Waals surface area contributed by atoms with Crippen LogP contribution in [0.2, 0.25) is 0 Å². The standard InChI is InChI=1S/C13H14FNO/c1-2-7-16-13-6-3-10(8-12(13)14)9-15-11-4-5-11/h1,3,6,8,11,15H,4-5,7,9H2. The van der Waals surface area contributed by atoms with E-state index in [1.807, 2.05) is 6.07 Å². The Kier molecular flexibility index (Phi) is 3.43. The maximum atomic E-state index is 13.5. The topological polar surface area (TPSA) is 21.3 Å². The number of nitrogens with one attached hydrogen (secondary N) is 1. The number of hydrogen-bond acceptors (Lipinski definition) is 2. The van der Waals surface area contributed by atoms with E-state index in [0.29, 0.717) is 12.6 Å². The third kappa shape index (κ3) is 2.98. The van der Waals surface area contributed by atoms with E-state index >= 15 is 0 Å². The molecule has 0 aromatic heterocycles. The monoisotopic (exact) mass is 219 g/mol. The van der Waals surface area contributed by atoms with Crippen LogP contribution in [-0.4, -0.2) is 12.6 Å². The quantitative estimate of drug-likeness (QED) is 0.766. The maximum absolute atomic E-state index is 13.5. The van der Waals surface area contributed by atoms with Crippen LogP contribution in [0.1, 0.15) is 18.4 Å². The lowest BCUT2D eigenvalue weighted by atomic mass is 10.2. The highest BCUT2D eigenvalue weighted by atomic mass is 19.1. The summed E-state index contributed by atoms with van der Waals surface area (Å²) in [5, 5.41) is 3.32. The molecule has 1 N–H and O–H groups in total. The first-order valence-electron chi connectivity index (χ1n) is 5.37. The van der Waals surface area contributed by atoms with Crippen molar-refractivity contribution in [1.29, 1.82) is 0 Å². The van der Waals surface area contributed by atoms with E-state index in [-0.39, 0.29) is 18.2 Å². The van der Waals surface area contributed by atoms with E-state index < -0.39 is 0 Å². The van der Waals surface area contributed by atoms with Crippen molar-refractivity contribution in [3.05, 3.63) is 29.6 Å². The van der Waals surface area contributed by atoms with E-state index in [0.717, 1.165) is 5.56 Å². The molecule has 1 aromatic rings. The summed E-state index contributed by atoms with van der Waals surface area (Å²) in [5.41, 5.74) is 0.928. The van der Waals surface area contributed by atoms with Crippen molar-refractivity contribution in [2.75, 3.05) is 6.61 Å². The maximum Gasteiger partial charge on any atom is 0.165 e. The van der Waals surface area contributed by atoms with E-state index in [4.69, 9.17) is 11.2 Å². The minimum Gasteiger partial charge on any atom is -0.478 e. The fourth-order valence-corrected chi connectivity index (χ4v) is 1.44. The molecule has 16 heavy (non-hydrogen) atoms. The molecule has 2 rings (SSSR count). The Morgan fingerprint density at radius 3 is 2.94 bits per heavy atom. The number of ether oxygens (including phenoxy) is 1. The summed E-state index contributed by atoms with van der Waals surface area (Å²) in [7, 11) is 0. The third-order valence-electron chi connectivity index (χ3n) is 2.48. The van der Waals surface area contributed by atoms with Crippen molar-refractivity contribution >= 4 is 0 Å². The van der Waals surface area contributed by atoms with Gasteiger partial charge in [0, 0.05) is 12.6 Å². The van der Waals surface area contributed by atoms with Crippen LogP contribution in [0.15, 0.2) is 18.2 Å². The van der Waals surface area contributed by atoms with E-state index in [1.54, 1.807) is 6.07 Å². The van der Waals surface area contributed by atoms with Gasteiger partial charge in [-0.15, -0.1) is 6.42 Å². The second-order valence-corrected chi connectivity index (χ2v) is 3.91. The van der Waals surface area contributed by atoms with Gasteiger partial charge in [0.15, 0.2) is 11.6 Å². The molecule has 0 heterocycles. The summed E-state index contributed by atoms with van der Waals surface area (Å²) in [5.74, 6) is 2.16. The van der Waals surface area contributed by atoms with Crippen LogP contribution in [0.4, 0.5) is 4.39 Å². The third-order valence-corrected chi connectivity index (χ3v) is 2.48. The molecule has 0 unspecified atom stereocenters. The fraction of sp³-hybridized carbons (Fsp3) is 0.385. The van der Waals surface area contributed by atoms with Gasteiger partial charge in [-0.1, -0.05) is 12.0 Å². The Morgan fingerprint density at radius 2 is 2.31 bits per heavy atom. The zero-order valence-corrected chi connectivity index (χ0v) is 9.00. The van der Waals surface area contributed by atoms with Gasteiger partial charge in [0.2, 0.25) is 0 Å². The molecule has 1 fully saturated rings. The molecule has 84 valence electrons. The average molecular weight is 219 g/mol. The Labute approximate surface area is 94.8 Å². The molecule has 1 saturated carbocycles. The highest BCUT2D eigenvalue weighted by Gasteiger charge is 2.20. The molecular formula is C13H14FNO. The SMILES string of the molecule is C#CCOc1ccc(CNC2CC2)cc1F. The van der Waals surface area contributed by atoms with Gasteiger partial charge in [-0.2, -0.15) is 0 Å². The number of rotatable bonds is 5. The zero-order valence-electron chi connectivity index (χ0n) is 9.00. The molecular weight excluding hydrogens is 205 g/mol. The van der Waals surface area contributed by atoms with Gasteiger partial charge in [-0.25, -0.2) is 4.39 Å². The van der Waals surface area contributed by atoms with Crippen molar-refractivity contribution in [3.63, 3.8) is 0 Å². The summed E-state index contributed by atoms with van der Waals surface area (Å²) in [4.78, 5) is 0. The highest BCUT2D eigenvalue weighted by Crippen LogP contribution is 2.21. The minimum absolute atomic E-state index is 0.0938. The summed E-state index contributed by atoms with van der Waals surface area (Å²) in [6.45, 7) is 0.799. The Balaban J connectivity index is 1.94. The Morgan fingerprint density at radius 1 is 1.50 bits per heavy atom. The number of benzene rings is 1. The van der Waals surface area contributed by atoms with E-state index in [2.05, 4.69) is 11.2 Å². The fourth-order valence-electron chi connectivity index (χ4n) is 1.44. The lowest BCUT2D eigenvalue weighted by Gasteiger charge is -2.07. The van der Waals surface area contributed by atoms with Crippen molar-refractivity contribution in [1.82, 2.24) is 5.32 Å². The van der Waals surface area contributed by atoms with Crippen molar-refractivity contribution in [2.45, 2.75) is 25.4 Å². The number of halogens is 1. The van der Waals surface area contributed by atoms with Crippen LogP contribution in [0, 0.1) is 18.2 Å². The van der Waals surface area contributed by atoms with Crippen LogP contribution >= 0.6 is 0 Å². The lowest BCUT2D eigenvalue weighted by Crippen LogP contribution is -2.15. The summed E-state index contributed by atoms with van der Waals surface area (Å²) in [6, 6.07) is 5.59.